The molecule has 350 valence electrons. The molecule has 8 radical (unpaired) electrons. The summed E-state index contributed by atoms with van der Waals surface area (Å²) in [5, 5.41) is 0. The predicted molar refractivity (Wildman–Crippen MR) is 218 cm³/mol. The maximum atomic E-state index is 12.8. The average molecular weight is 1970 g/mol. The molecule has 0 saturated carbocycles. The molecular formula is C39H21Br6F15Y8-2. The fourth-order valence-electron chi connectivity index (χ4n) is 3.28. The fourth-order valence-corrected chi connectivity index (χ4v) is 5.45. The minimum atomic E-state index is -2.16. The van der Waals surface area contributed by atoms with Gasteiger partial charge in [0.05, 0.1) is 8.95 Å². The summed E-state index contributed by atoms with van der Waals surface area (Å²) in [6, 6.07) is 18.2. The first-order valence-electron chi connectivity index (χ1n) is 14.8. The Morgan fingerprint density at radius 1 is 0.309 bits per heavy atom. The summed E-state index contributed by atoms with van der Waals surface area (Å²) in [4.78, 5) is 0. The summed E-state index contributed by atoms with van der Waals surface area (Å²) in [6.07, 6.45) is 0. The molecule has 0 unspecified atom stereocenters. The second-order valence-corrected chi connectivity index (χ2v) is 15.5. The van der Waals surface area contributed by atoms with Crippen molar-refractivity contribution in [2.45, 2.75) is 21.3 Å². The first-order valence-corrected chi connectivity index (χ1v) is 19.6. The van der Waals surface area contributed by atoms with Gasteiger partial charge < -0.3 is 16.5 Å². The molecule has 0 bridgehead atoms. The molecule has 0 aliphatic carbocycles. The van der Waals surface area contributed by atoms with Crippen molar-refractivity contribution in [2.75, 3.05) is 0 Å². The Balaban J connectivity index is -0.0000000858. The van der Waals surface area contributed by atoms with Crippen LogP contribution in [0.1, 0.15) is 18.6 Å². The van der Waals surface area contributed by atoms with Gasteiger partial charge in [0.1, 0.15) is 23.3 Å². The van der Waals surface area contributed by atoms with Crippen molar-refractivity contribution in [1.82, 2.24) is 0 Å². The minimum Gasteiger partial charge on any atom is -0.358 e. The molecule has 29 heteroatoms. The number of halogens is 21. The molecule has 6 aromatic rings. The largest absolute Gasteiger partial charge is 0.358 e. The van der Waals surface area contributed by atoms with Gasteiger partial charge in [-0.3, -0.25) is 11.1 Å². The van der Waals surface area contributed by atoms with Crippen LogP contribution >= 0.6 is 95.6 Å². The molecule has 0 saturated heterocycles. The van der Waals surface area contributed by atoms with Gasteiger partial charge in [0.25, 0.3) is 0 Å². The molecule has 6 aromatic carbocycles. The first-order chi connectivity index (χ1) is 27.3. The quantitative estimate of drug-likeness (QED) is 0.0615. The van der Waals surface area contributed by atoms with E-state index < -0.39 is 80.1 Å². The summed E-state index contributed by atoms with van der Waals surface area (Å²) in [5.74, 6) is -18.5. The van der Waals surface area contributed by atoms with Crippen LogP contribution in [0, 0.1) is 113 Å². The van der Waals surface area contributed by atoms with E-state index in [4.69, 9.17) is 0 Å². The zero-order chi connectivity index (χ0) is 45.5. The SMILES string of the molecule is C.Cc1[c-]c(Br)[c-]c(C)c1F.Fc1c(F)c(F)c(Br)c(F)c1F.Fc1cc(Br)cc(F)c1F.Fc1cc(F)c(Br)c(F)c1.Fc1ccc(Br)cc1.Fc1ccc(Br)cc1F.[Y].[Y].[Y].[Y].[Y].[Y].[Y].[Y]. The second kappa shape index (κ2) is 48.9. The number of hydrogen-bond donors (Lipinski definition) is 0. The number of hydrogen-bond acceptors (Lipinski definition) is 0. The van der Waals surface area contributed by atoms with Crippen LogP contribution in [0.2, 0.25) is 0 Å². The predicted octanol–water partition coefficient (Wildman–Crippen LogP) is 17.6. The van der Waals surface area contributed by atoms with Crippen LogP contribution in [0.3, 0.4) is 0 Å². The summed E-state index contributed by atoms with van der Waals surface area (Å²) in [5.41, 5.74) is 1.06. The van der Waals surface area contributed by atoms with Crippen LogP contribution in [0.15, 0.2) is 93.6 Å². The molecule has 0 aliphatic heterocycles. The Morgan fingerprint density at radius 3 is 0.985 bits per heavy atom. The molecule has 0 nitrogen and oxygen atoms in total. The van der Waals surface area contributed by atoms with E-state index in [2.05, 4.69) is 108 Å². The van der Waals surface area contributed by atoms with Gasteiger partial charge in [-0.25, -0.2) is 65.9 Å². The van der Waals surface area contributed by atoms with E-state index in [0.29, 0.717) is 32.2 Å². The zero-order valence-electron chi connectivity index (χ0n) is 33.4. The van der Waals surface area contributed by atoms with Crippen molar-refractivity contribution in [3.05, 3.63) is 204 Å². The van der Waals surface area contributed by atoms with E-state index >= 15 is 0 Å². The van der Waals surface area contributed by atoms with Crippen molar-refractivity contribution in [3.63, 3.8) is 0 Å². The minimum absolute atomic E-state index is 0. The normalized spacial score (nSPS) is 8.63. The maximum absolute atomic E-state index is 12.8. The molecular weight excluding hydrogens is 1940 g/mol. The topological polar surface area (TPSA) is 0 Å². The summed E-state index contributed by atoms with van der Waals surface area (Å²) in [7, 11) is 0. The number of aryl methyl sites for hydroxylation is 2. The maximum Gasteiger partial charge on any atom is 0.200 e. The van der Waals surface area contributed by atoms with Crippen molar-refractivity contribution in [3.8, 4) is 0 Å². The second-order valence-electron chi connectivity index (χ2n) is 10.4. The zero-order valence-corrected chi connectivity index (χ0v) is 65.6. The van der Waals surface area contributed by atoms with Gasteiger partial charge in [0.2, 0.25) is 5.82 Å². The Bertz CT molecular complexity index is 2050. The Morgan fingerprint density at radius 2 is 0.647 bits per heavy atom. The van der Waals surface area contributed by atoms with E-state index in [1.807, 2.05) is 0 Å². The monoisotopic (exact) mass is 1960 g/mol. The van der Waals surface area contributed by atoms with Gasteiger partial charge in [0, 0.05) is 287 Å². The van der Waals surface area contributed by atoms with Crippen LogP contribution in [-0.2, 0) is 262 Å². The third-order valence-corrected chi connectivity index (χ3v) is 9.32. The summed E-state index contributed by atoms with van der Waals surface area (Å²) >= 11 is 17.0. The van der Waals surface area contributed by atoms with E-state index in [1.165, 1.54) is 18.2 Å². The van der Waals surface area contributed by atoms with Gasteiger partial charge in [-0.15, -0.1) is 21.7 Å². The Labute approximate surface area is 635 Å². The van der Waals surface area contributed by atoms with Crippen LogP contribution in [0.5, 0.6) is 0 Å². The molecule has 0 atom stereocenters. The smallest absolute Gasteiger partial charge is 0.200 e. The Kier molecular flexibility index (Phi) is 67.0. The molecule has 0 aromatic heterocycles. The van der Waals surface area contributed by atoms with E-state index in [-0.39, 0.29) is 290 Å². The van der Waals surface area contributed by atoms with E-state index in [0.717, 1.165) is 28.7 Å². The standard InChI is InChI=1S/C8H6BrF.C6BrF5.2C6H2BrF3.C6H3BrF2.C6H4BrF.CH4.8Y/c1-5-3-7(9)4-6(2)8(5)10;7-1-2(8)4(10)6(12)5(11)3(1)9;7-6-4(9)1-3(8)2-5(6)10;7-3-1-4(8)6(10)5(9)2-3;7-4-1-2-5(8)6(9)3-4;7-5-1-3-6(8)4-2-5;;;;;;;;;/h1-2H3;;2*1-2H;1-3H;1-4H;1H4;;;;;;;;/q-2;;;;;;;;;;;;;;. The van der Waals surface area contributed by atoms with E-state index in [9.17, 15) is 65.9 Å². The van der Waals surface area contributed by atoms with Crippen LogP contribution < -0.4 is 0 Å². The molecule has 0 spiro atoms. The molecule has 68 heavy (non-hydrogen) atoms. The summed E-state index contributed by atoms with van der Waals surface area (Å²) < 4.78 is 185. The third kappa shape index (κ3) is 35.6. The molecule has 0 aliphatic rings. The Hall–Kier alpha value is 5.98. The molecule has 6 rings (SSSR count). The molecule has 0 N–H and O–H groups in total. The average Bonchev–Trinajstić information content (AvgIpc) is 3.16. The number of benzene rings is 6. The number of rotatable bonds is 0. The van der Waals surface area contributed by atoms with Crippen LogP contribution in [-0.4, -0.2) is 0 Å². The summed E-state index contributed by atoms with van der Waals surface area (Å²) in [6.45, 7) is 3.36. The van der Waals surface area contributed by atoms with Crippen molar-refractivity contribution in [1.29, 1.82) is 0 Å². The van der Waals surface area contributed by atoms with Crippen molar-refractivity contribution < 1.29 is 328 Å². The van der Waals surface area contributed by atoms with Crippen molar-refractivity contribution >= 4 is 95.6 Å². The van der Waals surface area contributed by atoms with Gasteiger partial charge in [-0.2, -0.15) is 0 Å². The van der Waals surface area contributed by atoms with Gasteiger partial charge >= 0.3 is 0 Å². The van der Waals surface area contributed by atoms with Crippen LogP contribution in [0.25, 0.3) is 0 Å². The third-order valence-electron chi connectivity index (χ3n) is 5.99. The molecule has 0 amide bonds. The van der Waals surface area contributed by atoms with E-state index in [1.54, 1.807) is 26.0 Å². The van der Waals surface area contributed by atoms with Crippen LogP contribution in [0.4, 0.5) is 65.9 Å². The van der Waals surface area contributed by atoms with Gasteiger partial charge in [0.15, 0.2) is 52.4 Å². The molecule has 0 fully saturated rings. The van der Waals surface area contributed by atoms with Gasteiger partial charge in [-0.1, -0.05) is 69.1 Å². The van der Waals surface area contributed by atoms with Gasteiger partial charge in [-0.05, 0) is 86.5 Å². The van der Waals surface area contributed by atoms with Crippen molar-refractivity contribution in [2.24, 2.45) is 0 Å². The first kappa shape index (κ1) is 93.3. The fraction of sp³-hybridized carbons (Fsp3) is 0.0769. The molecule has 0 heterocycles.